The van der Waals surface area contributed by atoms with Crippen molar-refractivity contribution in [2.75, 3.05) is 0 Å². The van der Waals surface area contributed by atoms with Crippen molar-refractivity contribution in [1.82, 2.24) is 0 Å². The first-order valence-electron chi connectivity index (χ1n) is 5.52. The highest BCUT2D eigenvalue weighted by atomic mass is 35.7. The van der Waals surface area contributed by atoms with Crippen LogP contribution in [0, 0.1) is 0 Å². The lowest BCUT2D eigenvalue weighted by atomic mass is 10.1. The van der Waals surface area contributed by atoms with Gasteiger partial charge in [-0.05, 0) is 37.7 Å². The molecule has 0 bridgehead atoms. The third-order valence-electron chi connectivity index (χ3n) is 3.27. The first-order chi connectivity index (χ1) is 7.54. The van der Waals surface area contributed by atoms with Gasteiger partial charge in [0.05, 0.1) is 4.75 Å². The molecule has 0 aliphatic heterocycles. The molecule has 1 fully saturated rings. The van der Waals surface area contributed by atoms with Gasteiger partial charge in [0.15, 0.2) is 0 Å². The van der Waals surface area contributed by atoms with E-state index >= 15 is 0 Å². The molecule has 0 spiro atoms. The van der Waals surface area contributed by atoms with Crippen molar-refractivity contribution >= 4 is 19.7 Å². The average molecular weight is 259 g/mol. The fraction of sp³-hybridized carbons (Fsp3) is 0.500. The SMILES string of the molecule is O=S(=O)(Cl)C1(CCCc2ccccc2)CC1. The zero-order chi connectivity index (χ0) is 11.6. The maximum Gasteiger partial charge on any atom is 0.238 e. The third kappa shape index (κ3) is 2.58. The van der Waals surface area contributed by atoms with Crippen molar-refractivity contribution in [3.8, 4) is 0 Å². The first-order valence-corrected chi connectivity index (χ1v) is 7.83. The molecular weight excluding hydrogens is 244 g/mol. The van der Waals surface area contributed by atoms with Crippen LogP contribution in [0.5, 0.6) is 0 Å². The van der Waals surface area contributed by atoms with E-state index in [4.69, 9.17) is 10.7 Å². The van der Waals surface area contributed by atoms with Gasteiger partial charge in [-0.1, -0.05) is 30.3 Å². The van der Waals surface area contributed by atoms with Crippen LogP contribution < -0.4 is 0 Å². The molecule has 0 unspecified atom stereocenters. The zero-order valence-corrected chi connectivity index (χ0v) is 10.6. The molecule has 1 aliphatic carbocycles. The summed E-state index contributed by atoms with van der Waals surface area (Å²) < 4.78 is 22.1. The smallest absolute Gasteiger partial charge is 0.212 e. The molecule has 16 heavy (non-hydrogen) atoms. The average Bonchev–Trinajstić information content (AvgIpc) is 3.00. The number of hydrogen-bond acceptors (Lipinski definition) is 2. The van der Waals surface area contributed by atoms with E-state index in [1.165, 1.54) is 5.56 Å². The lowest BCUT2D eigenvalue weighted by molar-refractivity contribution is 0.575. The van der Waals surface area contributed by atoms with Gasteiger partial charge in [-0.2, -0.15) is 0 Å². The molecule has 1 aromatic rings. The van der Waals surface area contributed by atoms with E-state index < -0.39 is 13.8 Å². The molecule has 0 heterocycles. The van der Waals surface area contributed by atoms with E-state index in [0.29, 0.717) is 6.42 Å². The lowest BCUT2D eigenvalue weighted by Gasteiger charge is -2.10. The summed E-state index contributed by atoms with van der Waals surface area (Å²) in [7, 11) is 2.07. The van der Waals surface area contributed by atoms with Crippen LogP contribution in [0.4, 0.5) is 0 Å². The molecule has 0 radical (unpaired) electrons. The summed E-state index contributed by atoms with van der Waals surface area (Å²) >= 11 is 0. The predicted octanol–water partition coefficient (Wildman–Crippen LogP) is 3.11. The molecule has 88 valence electrons. The van der Waals surface area contributed by atoms with Crippen LogP contribution in [-0.2, 0) is 15.5 Å². The number of rotatable bonds is 5. The largest absolute Gasteiger partial charge is 0.238 e. The Morgan fingerprint density at radius 1 is 1.19 bits per heavy atom. The minimum Gasteiger partial charge on any atom is -0.212 e. The van der Waals surface area contributed by atoms with Gasteiger partial charge < -0.3 is 0 Å². The van der Waals surface area contributed by atoms with Crippen LogP contribution in [0.3, 0.4) is 0 Å². The molecule has 2 nitrogen and oxygen atoms in total. The second-order valence-electron chi connectivity index (χ2n) is 4.46. The molecule has 0 N–H and O–H groups in total. The van der Waals surface area contributed by atoms with Gasteiger partial charge in [0.2, 0.25) is 9.05 Å². The minimum atomic E-state index is -3.37. The summed E-state index contributed by atoms with van der Waals surface area (Å²) in [6.07, 6.45) is 3.96. The maximum absolute atomic E-state index is 11.3. The highest BCUT2D eigenvalue weighted by Crippen LogP contribution is 2.49. The van der Waals surface area contributed by atoms with Gasteiger partial charge >= 0.3 is 0 Å². The second-order valence-corrected chi connectivity index (χ2v) is 7.42. The number of aryl methyl sites for hydroxylation is 1. The van der Waals surface area contributed by atoms with Crippen molar-refractivity contribution in [3.63, 3.8) is 0 Å². The highest BCUT2D eigenvalue weighted by Gasteiger charge is 2.52. The van der Waals surface area contributed by atoms with E-state index in [0.717, 1.165) is 25.7 Å². The Bertz CT molecular complexity index is 449. The van der Waals surface area contributed by atoms with E-state index in [9.17, 15) is 8.42 Å². The summed E-state index contributed by atoms with van der Waals surface area (Å²) in [5.74, 6) is 0. The Labute approximate surface area is 101 Å². The van der Waals surface area contributed by atoms with E-state index in [1.807, 2.05) is 18.2 Å². The maximum atomic E-state index is 11.3. The Morgan fingerprint density at radius 2 is 1.81 bits per heavy atom. The minimum absolute atomic E-state index is 0.594. The molecule has 0 saturated heterocycles. The van der Waals surface area contributed by atoms with Crippen molar-refractivity contribution in [2.24, 2.45) is 0 Å². The summed E-state index contributed by atoms with van der Waals surface area (Å²) in [5.41, 5.74) is 1.25. The van der Waals surface area contributed by atoms with Crippen LogP contribution >= 0.6 is 10.7 Å². The molecule has 1 saturated carbocycles. The van der Waals surface area contributed by atoms with Gasteiger partial charge in [0, 0.05) is 10.7 Å². The third-order valence-corrected chi connectivity index (χ3v) is 5.89. The Morgan fingerprint density at radius 3 is 2.31 bits per heavy atom. The molecular formula is C12H15ClO2S. The molecule has 0 atom stereocenters. The Hall–Kier alpha value is -0.540. The van der Waals surface area contributed by atoms with Crippen LogP contribution in [0.1, 0.15) is 31.2 Å². The van der Waals surface area contributed by atoms with Gasteiger partial charge in [-0.15, -0.1) is 0 Å². The fourth-order valence-corrected chi connectivity index (χ4v) is 3.69. The van der Waals surface area contributed by atoms with E-state index in [1.54, 1.807) is 0 Å². The molecule has 1 aromatic carbocycles. The van der Waals surface area contributed by atoms with Gasteiger partial charge in [0.25, 0.3) is 0 Å². The van der Waals surface area contributed by atoms with Gasteiger partial charge in [0.1, 0.15) is 0 Å². The molecule has 1 aliphatic rings. The quantitative estimate of drug-likeness (QED) is 0.761. The predicted molar refractivity (Wildman–Crippen MR) is 66.1 cm³/mol. The number of benzene rings is 1. The van der Waals surface area contributed by atoms with Crippen molar-refractivity contribution in [1.29, 1.82) is 0 Å². The lowest BCUT2D eigenvalue weighted by Crippen LogP contribution is -2.17. The normalized spacial score (nSPS) is 18.3. The first kappa shape index (κ1) is 11.9. The number of halogens is 1. The monoisotopic (exact) mass is 258 g/mol. The Kier molecular flexibility index (Phi) is 3.27. The standard InChI is InChI=1S/C12H15ClO2S/c13-16(14,15)12(9-10-12)8-4-7-11-5-2-1-3-6-11/h1-3,5-6H,4,7-10H2. The van der Waals surface area contributed by atoms with Crippen LogP contribution in [0.15, 0.2) is 30.3 Å². The molecule has 4 heteroatoms. The van der Waals surface area contributed by atoms with Crippen LogP contribution in [0.25, 0.3) is 0 Å². The van der Waals surface area contributed by atoms with E-state index in [-0.39, 0.29) is 0 Å². The van der Waals surface area contributed by atoms with Gasteiger partial charge in [-0.25, -0.2) is 8.42 Å². The molecule has 2 rings (SSSR count). The van der Waals surface area contributed by atoms with Gasteiger partial charge in [-0.3, -0.25) is 0 Å². The zero-order valence-electron chi connectivity index (χ0n) is 9.02. The van der Waals surface area contributed by atoms with Crippen molar-refractivity contribution in [3.05, 3.63) is 35.9 Å². The summed E-state index contributed by atoms with van der Waals surface area (Å²) in [5, 5.41) is 0. The van der Waals surface area contributed by atoms with Crippen LogP contribution in [0.2, 0.25) is 0 Å². The number of hydrogen-bond donors (Lipinski definition) is 0. The molecule has 0 amide bonds. The highest BCUT2D eigenvalue weighted by molar-refractivity contribution is 8.15. The summed E-state index contributed by atoms with van der Waals surface area (Å²) in [6, 6.07) is 10.1. The summed E-state index contributed by atoms with van der Waals surface area (Å²) in [6.45, 7) is 0. The van der Waals surface area contributed by atoms with Crippen molar-refractivity contribution < 1.29 is 8.42 Å². The Balaban J connectivity index is 1.86. The topological polar surface area (TPSA) is 34.1 Å². The molecule has 0 aromatic heterocycles. The van der Waals surface area contributed by atoms with Crippen LogP contribution in [-0.4, -0.2) is 13.2 Å². The van der Waals surface area contributed by atoms with E-state index in [2.05, 4.69) is 12.1 Å². The van der Waals surface area contributed by atoms with Crippen molar-refractivity contribution in [2.45, 2.75) is 36.9 Å². The summed E-state index contributed by atoms with van der Waals surface area (Å²) in [4.78, 5) is 0. The second kappa shape index (κ2) is 4.38. The fourth-order valence-electron chi connectivity index (χ4n) is 2.01.